The lowest BCUT2D eigenvalue weighted by atomic mass is 10.3. The van der Waals surface area contributed by atoms with Crippen LogP contribution >= 0.6 is 0 Å². The normalized spacial score (nSPS) is 12.1. The van der Waals surface area contributed by atoms with E-state index in [9.17, 15) is 8.42 Å². The van der Waals surface area contributed by atoms with Gasteiger partial charge < -0.3 is 0 Å². The molecular weight excluding hydrogens is 166 g/mol. The number of hydrogen-bond acceptors (Lipinski definition) is 2. The fourth-order valence-corrected chi connectivity index (χ4v) is 1.76. The van der Waals surface area contributed by atoms with E-state index in [4.69, 9.17) is 0 Å². The maximum absolute atomic E-state index is 10.5. The van der Waals surface area contributed by atoms with Crippen LogP contribution in [0.1, 0.15) is 26.2 Å². The monoisotopic (exact) mass is 181 g/mol. The molecule has 3 nitrogen and oxygen atoms in total. The van der Waals surface area contributed by atoms with E-state index in [-0.39, 0.29) is 9.39 Å². The molecule has 0 aliphatic heterocycles. The van der Waals surface area contributed by atoms with Crippen molar-refractivity contribution in [2.24, 2.45) is 0 Å². The van der Waals surface area contributed by atoms with E-state index in [0.29, 0.717) is 6.54 Å². The van der Waals surface area contributed by atoms with Gasteiger partial charge in [0, 0.05) is 6.54 Å². The Hall–Kier alpha value is 0.127. The van der Waals surface area contributed by atoms with Gasteiger partial charge in [0.15, 0.2) is 18.9 Å². The third-order valence-electron chi connectivity index (χ3n) is 1.14. The zero-order chi connectivity index (χ0) is 8.04. The van der Waals surface area contributed by atoms with Crippen LogP contribution in [0.25, 0.3) is 0 Å². The van der Waals surface area contributed by atoms with Crippen LogP contribution in [0.3, 0.4) is 0 Å². The van der Waals surface area contributed by atoms with Gasteiger partial charge in [-0.05, 0) is 6.42 Å². The van der Waals surface area contributed by atoms with Crippen LogP contribution in [-0.2, 0) is 9.47 Å². The minimum atomic E-state index is -2.82. The summed E-state index contributed by atoms with van der Waals surface area (Å²) < 4.78 is 23.6. The largest absolute Gasteiger partial charge is 0.222 e. The highest BCUT2D eigenvalue weighted by Crippen LogP contribution is 1.91. The molecule has 5 heteroatoms. The molecule has 1 N–H and O–H groups in total. The molecule has 0 atom stereocenters. The molecule has 62 valence electrons. The van der Waals surface area contributed by atoms with Crippen LogP contribution < -0.4 is 4.72 Å². The highest BCUT2D eigenvalue weighted by molar-refractivity contribution is 8.10. The van der Waals surface area contributed by atoms with E-state index in [0.717, 1.165) is 19.3 Å². The average Bonchev–Trinajstić information content (AvgIpc) is 1.78. The Balaban J connectivity index is 3.21. The first-order chi connectivity index (χ1) is 4.56. The topological polar surface area (TPSA) is 46.2 Å². The van der Waals surface area contributed by atoms with Crippen molar-refractivity contribution < 1.29 is 8.42 Å². The smallest absolute Gasteiger partial charge is 0.168 e. The maximum Gasteiger partial charge on any atom is 0.168 e. The minimum absolute atomic E-state index is 0.207. The summed E-state index contributed by atoms with van der Waals surface area (Å²) in [5.41, 5.74) is 0. The van der Waals surface area contributed by atoms with E-state index >= 15 is 0 Å². The standard InChI is InChI=1S/C5H15NO2SSi/c1-2-3-4-5-6-9(7,8)10/h6H,2-5H2,1,10H3. The molecule has 0 rings (SSSR count). The summed E-state index contributed by atoms with van der Waals surface area (Å²) in [4.78, 5) is 0. The molecule has 0 aliphatic carbocycles. The Kier molecular flexibility index (Phi) is 4.93. The van der Waals surface area contributed by atoms with Gasteiger partial charge in [0.2, 0.25) is 0 Å². The van der Waals surface area contributed by atoms with Crippen molar-refractivity contribution in [2.75, 3.05) is 6.54 Å². The lowest BCUT2D eigenvalue weighted by molar-refractivity contribution is 0.590. The first-order valence-electron chi connectivity index (χ1n) is 3.51. The lowest BCUT2D eigenvalue weighted by Crippen LogP contribution is -2.23. The lowest BCUT2D eigenvalue weighted by Gasteiger charge is -1.99. The fraction of sp³-hybridized carbons (Fsp3) is 1.00. The molecule has 0 aliphatic rings. The molecule has 0 radical (unpaired) electrons. The predicted octanol–water partition coefficient (Wildman–Crippen LogP) is -0.624. The second-order valence-electron chi connectivity index (χ2n) is 2.37. The fourth-order valence-electron chi connectivity index (χ4n) is 0.633. The van der Waals surface area contributed by atoms with E-state index in [1.165, 1.54) is 0 Å². The van der Waals surface area contributed by atoms with Gasteiger partial charge in [-0.25, -0.2) is 13.1 Å². The summed E-state index contributed by atoms with van der Waals surface area (Å²) in [6.45, 7) is 2.70. The average molecular weight is 181 g/mol. The van der Waals surface area contributed by atoms with Crippen LogP contribution in [0.4, 0.5) is 0 Å². The molecule has 0 fully saturated rings. The van der Waals surface area contributed by atoms with Gasteiger partial charge in [0.05, 0.1) is 0 Å². The number of rotatable bonds is 5. The van der Waals surface area contributed by atoms with Crippen molar-refractivity contribution in [3.8, 4) is 0 Å². The summed E-state index contributed by atoms with van der Waals surface area (Å²) in [5, 5.41) is 0. The summed E-state index contributed by atoms with van der Waals surface area (Å²) in [6.07, 6.45) is 3.19. The van der Waals surface area contributed by atoms with Gasteiger partial charge in [0.1, 0.15) is 0 Å². The minimum Gasteiger partial charge on any atom is -0.222 e. The first-order valence-corrected chi connectivity index (χ1v) is 7.85. The van der Waals surface area contributed by atoms with Crippen molar-refractivity contribution in [1.82, 2.24) is 4.72 Å². The van der Waals surface area contributed by atoms with Gasteiger partial charge >= 0.3 is 0 Å². The number of nitrogens with one attached hydrogen (secondary N) is 1. The second kappa shape index (κ2) is 4.87. The van der Waals surface area contributed by atoms with Gasteiger partial charge in [0.25, 0.3) is 0 Å². The molecule has 0 heterocycles. The van der Waals surface area contributed by atoms with E-state index in [1.807, 2.05) is 0 Å². The van der Waals surface area contributed by atoms with Crippen molar-refractivity contribution in [1.29, 1.82) is 0 Å². The molecule has 0 aromatic rings. The first kappa shape index (κ1) is 10.1. The predicted molar refractivity (Wildman–Crippen MR) is 46.4 cm³/mol. The summed E-state index contributed by atoms with van der Waals surface area (Å²) in [5.74, 6) is 0. The SMILES string of the molecule is CCCCCNS(=O)(=O)[SiH3]. The molecular formula is C5H15NO2SSi. The summed E-state index contributed by atoms with van der Waals surface area (Å²) in [7, 11) is -2.61. The third-order valence-corrected chi connectivity index (χ3v) is 2.74. The van der Waals surface area contributed by atoms with Crippen molar-refractivity contribution in [3.05, 3.63) is 0 Å². The van der Waals surface area contributed by atoms with E-state index in [1.54, 1.807) is 0 Å². The maximum atomic E-state index is 10.5. The molecule has 0 saturated carbocycles. The molecule has 0 aromatic carbocycles. The number of unbranched alkanes of at least 4 members (excludes halogenated alkanes) is 2. The highest BCUT2D eigenvalue weighted by atomic mass is 32.4. The molecule has 0 spiro atoms. The molecule has 0 aromatic heterocycles. The van der Waals surface area contributed by atoms with Crippen molar-refractivity contribution >= 4 is 18.9 Å². The molecule has 0 amide bonds. The Bertz CT molecular complexity index is 166. The zero-order valence-corrected chi connectivity index (χ0v) is 9.37. The third kappa shape index (κ3) is 8.13. The van der Waals surface area contributed by atoms with Crippen molar-refractivity contribution in [3.63, 3.8) is 0 Å². The van der Waals surface area contributed by atoms with Gasteiger partial charge in [-0.15, -0.1) is 0 Å². The Labute approximate surface area is 65.3 Å². The second-order valence-corrected chi connectivity index (χ2v) is 7.43. The molecule has 10 heavy (non-hydrogen) atoms. The van der Waals surface area contributed by atoms with Gasteiger partial charge in [-0.1, -0.05) is 19.8 Å². The van der Waals surface area contributed by atoms with Crippen LogP contribution in [0.5, 0.6) is 0 Å². The Morgan fingerprint density at radius 3 is 2.40 bits per heavy atom. The van der Waals surface area contributed by atoms with Crippen LogP contribution in [0.15, 0.2) is 0 Å². The van der Waals surface area contributed by atoms with Crippen LogP contribution in [-0.4, -0.2) is 24.4 Å². The molecule has 0 unspecified atom stereocenters. The summed E-state index contributed by atoms with van der Waals surface area (Å²) in [6, 6.07) is 0. The molecule has 0 saturated heterocycles. The summed E-state index contributed by atoms with van der Waals surface area (Å²) >= 11 is 0. The quantitative estimate of drug-likeness (QED) is 0.454. The van der Waals surface area contributed by atoms with Crippen LogP contribution in [0.2, 0.25) is 0 Å². The van der Waals surface area contributed by atoms with Crippen LogP contribution in [0, 0.1) is 0 Å². The zero-order valence-electron chi connectivity index (χ0n) is 6.55. The van der Waals surface area contributed by atoms with Gasteiger partial charge in [-0.2, -0.15) is 0 Å². The van der Waals surface area contributed by atoms with E-state index < -0.39 is 9.47 Å². The Morgan fingerprint density at radius 2 is 2.00 bits per heavy atom. The highest BCUT2D eigenvalue weighted by Gasteiger charge is 1.96. The number of hydrogen-bond donors (Lipinski definition) is 1. The van der Waals surface area contributed by atoms with Crippen molar-refractivity contribution in [2.45, 2.75) is 26.2 Å². The van der Waals surface area contributed by atoms with Gasteiger partial charge in [-0.3, -0.25) is 0 Å². The van der Waals surface area contributed by atoms with E-state index in [2.05, 4.69) is 11.6 Å². The Morgan fingerprint density at radius 1 is 1.40 bits per heavy atom. The molecule has 0 bridgehead atoms.